The zero-order chi connectivity index (χ0) is 13.2. The highest BCUT2D eigenvalue weighted by atomic mass is 15.2. The van der Waals surface area contributed by atoms with E-state index in [0.29, 0.717) is 0 Å². The fourth-order valence-electron chi connectivity index (χ4n) is 3.34. The summed E-state index contributed by atoms with van der Waals surface area (Å²) < 4.78 is 0. The molecule has 2 heteroatoms. The minimum atomic E-state index is 0.244. The molecule has 1 aromatic carbocycles. The van der Waals surface area contributed by atoms with E-state index in [1.54, 1.807) is 0 Å². The largest absolute Gasteiger partial charge is 0.306 e. The van der Waals surface area contributed by atoms with Gasteiger partial charge < -0.3 is 4.90 Å². The third-order valence-electron chi connectivity index (χ3n) is 4.68. The molecular formula is C16H26N2. The molecule has 2 rings (SSSR count). The summed E-state index contributed by atoms with van der Waals surface area (Å²) in [6, 6.07) is 11.8. The Labute approximate surface area is 112 Å². The van der Waals surface area contributed by atoms with Gasteiger partial charge in [0.15, 0.2) is 0 Å². The first-order valence-electron chi connectivity index (χ1n) is 6.95. The average Bonchev–Trinajstić information content (AvgIpc) is 2.39. The second-order valence-electron chi connectivity index (χ2n) is 5.99. The molecule has 0 bridgehead atoms. The lowest BCUT2D eigenvalue weighted by atomic mass is 9.74. The lowest BCUT2D eigenvalue weighted by molar-refractivity contribution is 0.0641. The van der Waals surface area contributed by atoms with Crippen molar-refractivity contribution in [3.63, 3.8) is 0 Å². The first-order chi connectivity index (χ1) is 8.56. The van der Waals surface area contributed by atoms with Crippen LogP contribution in [0.3, 0.4) is 0 Å². The minimum Gasteiger partial charge on any atom is -0.306 e. The molecule has 1 aliphatic carbocycles. The second kappa shape index (κ2) is 5.41. The lowest BCUT2D eigenvalue weighted by Crippen LogP contribution is -2.47. The van der Waals surface area contributed by atoms with Gasteiger partial charge >= 0.3 is 0 Å². The van der Waals surface area contributed by atoms with Crippen LogP contribution in [0.25, 0.3) is 0 Å². The Bertz CT molecular complexity index is 362. The lowest BCUT2D eigenvalue weighted by Gasteiger charge is -2.46. The van der Waals surface area contributed by atoms with Gasteiger partial charge in [0.05, 0.1) is 0 Å². The molecule has 0 saturated heterocycles. The molecule has 1 aromatic rings. The third-order valence-corrected chi connectivity index (χ3v) is 4.68. The van der Waals surface area contributed by atoms with E-state index in [0.717, 1.165) is 6.04 Å². The van der Waals surface area contributed by atoms with Crippen molar-refractivity contribution in [2.24, 2.45) is 0 Å². The van der Waals surface area contributed by atoms with Crippen LogP contribution in [0.5, 0.6) is 0 Å². The Morgan fingerprint density at radius 3 is 1.94 bits per heavy atom. The van der Waals surface area contributed by atoms with Gasteiger partial charge in [0.1, 0.15) is 0 Å². The van der Waals surface area contributed by atoms with Crippen LogP contribution in [0.2, 0.25) is 0 Å². The van der Waals surface area contributed by atoms with Crippen LogP contribution in [0.1, 0.15) is 31.2 Å². The van der Waals surface area contributed by atoms with Crippen molar-refractivity contribution in [1.82, 2.24) is 9.80 Å². The monoisotopic (exact) mass is 246 g/mol. The maximum absolute atomic E-state index is 2.42. The molecule has 0 atom stereocenters. The first kappa shape index (κ1) is 13.6. The molecule has 1 aliphatic rings. The van der Waals surface area contributed by atoms with Crippen LogP contribution < -0.4 is 0 Å². The minimum absolute atomic E-state index is 0.244. The molecule has 0 aliphatic heterocycles. The summed E-state index contributed by atoms with van der Waals surface area (Å²) >= 11 is 0. The van der Waals surface area contributed by atoms with Gasteiger partial charge in [0.2, 0.25) is 0 Å². The molecule has 0 heterocycles. The number of hydrogen-bond acceptors (Lipinski definition) is 2. The standard InChI is InChI=1S/C16H26N2/c1-17(2)15-10-12-16(13-11-15,18(3)4)14-8-6-5-7-9-14/h5-9,15H,10-13H2,1-4H3. The van der Waals surface area contributed by atoms with Crippen LogP contribution in [0, 0.1) is 0 Å². The van der Waals surface area contributed by atoms with Crippen molar-refractivity contribution < 1.29 is 0 Å². The molecule has 0 spiro atoms. The predicted octanol–water partition coefficient (Wildman–Crippen LogP) is 2.95. The van der Waals surface area contributed by atoms with Crippen LogP contribution in [0.4, 0.5) is 0 Å². The van der Waals surface area contributed by atoms with E-state index in [4.69, 9.17) is 0 Å². The topological polar surface area (TPSA) is 6.48 Å². The van der Waals surface area contributed by atoms with E-state index in [-0.39, 0.29) is 5.54 Å². The molecule has 0 radical (unpaired) electrons. The number of benzene rings is 1. The summed E-state index contributed by atoms with van der Waals surface area (Å²) in [4.78, 5) is 4.80. The molecule has 1 fully saturated rings. The summed E-state index contributed by atoms with van der Waals surface area (Å²) in [6.45, 7) is 0. The summed E-state index contributed by atoms with van der Waals surface area (Å²) in [6.07, 6.45) is 5.10. The number of rotatable bonds is 3. The molecule has 1 saturated carbocycles. The molecule has 0 aromatic heterocycles. The average molecular weight is 246 g/mol. The Balaban J connectivity index is 2.21. The van der Waals surface area contributed by atoms with E-state index in [9.17, 15) is 0 Å². The zero-order valence-electron chi connectivity index (χ0n) is 12.2. The van der Waals surface area contributed by atoms with E-state index in [2.05, 4.69) is 68.3 Å². The van der Waals surface area contributed by atoms with Crippen LogP contribution >= 0.6 is 0 Å². The molecule has 0 unspecified atom stereocenters. The molecule has 2 nitrogen and oxygen atoms in total. The highest BCUT2D eigenvalue weighted by Crippen LogP contribution is 2.41. The van der Waals surface area contributed by atoms with Crippen molar-refractivity contribution in [3.8, 4) is 0 Å². The zero-order valence-corrected chi connectivity index (χ0v) is 12.2. The molecule has 100 valence electrons. The van der Waals surface area contributed by atoms with Crippen molar-refractivity contribution in [1.29, 1.82) is 0 Å². The van der Waals surface area contributed by atoms with Crippen molar-refractivity contribution >= 4 is 0 Å². The van der Waals surface area contributed by atoms with Gasteiger partial charge in [-0.15, -0.1) is 0 Å². The Hall–Kier alpha value is -0.860. The van der Waals surface area contributed by atoms with E-state index < -0.39 is 0 Å². The van der Waals surface area contributed by atoms with Crippen molar-refractivity contribution in [3.05, 3.63) is 35.9 Å². The summed E-state index contributed by atoms with van der Waals surface area (Å²) in [5.41, 5.74) is 1.72. The van der Waals surface area contributed by atoms with Gasteiger partial charge in [-0.3, -0.25) is 4.90 Å². The smallest absolute Gasteiger partial charge is 0.0455 e. The maximum atomic E-state index is 2.42. The van der Waals surface area contributed by atoms with Crippen molar-refractivity contribution in [2.75, 3.05) is 28.2 Å². The molecule has 0 amide bonds. The van der Waals surface area contributed by atoms with Crippen LogP contribution in [-0.2, 0) is 5.54 Å². The van der Waals surface area contributed by atoms with Gasteiger partial charge in [-0.2, -0.15) is 0 Å². The predicted molar refractivity (Wildman–Crippen MR) is 77.8 cm³/mol. The fourth-order valence-corrected chi connectivity index (χ4v) is 3.34. The van der Waals surface area contributed by atoms with Gasteiger partial charge in [-0.25, -0.2) is 0 Å². The Kier molecular flexibility index (Phi) is 4.08. The van der Waals surface area contributed by atoms with Gasteiger partial charge in [0.25, 0.3) is 0 Å². The van der Waals surface area contributed by atoms with Gasteiger partial charge in [-0.05, 0) is 59.4 Å². The summed E-state index contributed by atoms with van der Waals surface area (Å²) in [7, 11) is 8.86. The van der Waals surface area contributed by atoms with Crippen LogP contribution in [-0.4, -0.2) is 44.0 Å². The Morgan fingerprint density at radius 2 is 1.50 bits per heavy atom. The first-order valence-corrected chi connectivity index (χ1v) is 6.95. The Morgan fingerprint density at radius 1 is 0.944 bits per heavy atom. The number of hydrogen-bond donors (Lipinski definition) is 0. The van der Waals surface area contributed by atoms with Gasteiger partial charge in [0, 0.05) is 11.6 Å². The summed E-state index contributed by atoms with van der Waals surface area (Å²) in [5.74, 6) is 0. The fraction of sp³-hybridized carbons (Fsp3) is 0.625. The number of nitrogens with zero attached hydrogens (tertiary/aromatic N) is 2. The molecule has 18 heavy (non-hydrogen) atoms. The SMILES string of the molecule is CN(C)C1CCC(c2ccccc2)(N(C)C)CC1. The maximum Gasteiger partial charge on any atom is 0.0455 e. The third kappa shape index (κ3) is 2.45. The van der Waals surface area contributed by atoms with E-state index >= 15 is 0 Å². The summed E-state index contributed by atoms with van der Waals surface area (Å²) in [5, 5.41) is 0. The van der Waals surface area contributed by atoms with Crippen LogP contribution in [0.15, 0.2) is 30.3 Å². The second-order valence-corrected chi connectivity index (χ2v) is 5.99. The van der Waals surface area contributed by atoms with Crippen molar-refractivity contribution in [2.45, 2.75) is 37.3 Å². The van der Waals surface area contributed by atoms with E-state index in [1.165, 1.54) is 31.2 Å². The normalized spacial score (nSPS) is 28.9. The molecule has 0 N–H and O–H groups in total. The highest BCUT2D eigenvalue weighted by Gasteiger charge is 2.38. The highest BCUT2D eigenvalue weighted by molar-refractivity contribution is 5.25. The quantitative estimate of drug-likeness (QED) is 0.809. The van der Waals surface area contributed by atoms with E-state index in [1.807, 2.05) is 0 Å². The van der Waals surface area contributed by atoms with Gasteiger partial charge in [-0.1, -0.05) is 30.3 Å². The molecular weight excluding hydrogens is 220 g/mol.